The topological polar surface area (TPSA) is 99.8 Å². The predicted molar refractivity (Wildman–Crippen MR) is 64.7 cm³/mol. The predicted octanol–water partition coefficient (Wildman–Crippen LogP) is 1.96. The molecule has 0 radical (unpaired) electrons. The first-order valence-corrected chi connectivity index (χ1v) is 6.35. The summed E-state index contributed by atoms with van der Waals surface area (Å²) < 4.78 is 0.542. The highest BCUT2D eigenvalue weighted by Crippen LogP contribution is 2.30. The number of carboxylic acid groups (broad SMARTS) is 1. The van der Waals surface area contributed by atoms with Crippen molar-refractivity contribution in [3.63, 3.8) is 0 Å². The quantitative estimate of drug-likeness (QED) is 0.856. The molecule has 6 nitrogen and oxygen atoms in total. The van der Waals surface area contributed by atoms with Crippen LogP contribution in [0.5, 0.6) is 0 Å². The lowest BCUT2D eigenvalue weighted by Gasteiger charge is -1.94. The zero-order valence-corrected chi connectivity index (χ0v) is 10.7. The normalized spacial score (nSPS) is 10.0. The number of carboxylic acids is 1. The molecule has 90 valence electrons. The minimum atomic E-state index is -0.997. The first-order valence-electron chi connectivity index (χ1n) is 4.72. The number of aromatic carboxylic acids is 1. The van der Waals surface area contributed by atoms with Crippen molar-refractivity contribution in [2.24, 2.45) is 0 Å². The van der Waals surface area contributed by atoms with Gasteiger partial charge >= 0.3 is 5.97 Å². The number of hydrogen-bond acceptors (Lipinski definition) is 7. The van der Waals surface area contributed by atoms with Crippen molar-refractivity contribution >= 4 is 29.1 Å². The average Bonchev–Trinajstić information content (AvgIpc) is 2.70. The van der Waals surface area contributed by atoms with E-state index < -0.39 is 5.97 Å². The van der Waals surface area contributed by atoms with Crippen LogP contribution >= 0.6 is 23.1 Å². The monoisotopic (exact) mass is 278 g/mol. The van der Waals surface area contributed by atoms with Crippen LogP contribution in [0.2, 0.25) is 0 Å². The summed E-state index contributed by atoms with van der Waals surface area (Å²) in [6.45, 7) is 1.64. The van der Waals surface area contributed by atoms with Gasteiger partial charge in [-0.3, -0.25) is 0 Å². The fourth-order valence-corrected chi connectivity index (χ4v) is 3.02. The van der Waals surface area contributed by atoms with Crippen LogP contribution in [0.25, 0.3) is 0 Å². The fraction of sp³-hybridized carbons (Fsp3) is 0.100. The third-order valence-corrected chi connectivity index (χ3v) is 3.98. The van der Waals surface area contributed by atoms with Gasteiger partial charge in [0.2, 0.25) is 0 Å². The molecule has 0 aliphatic rings. The van der Waals surface area contributed by atoms with Crippen molar-refractivity contribution in [3.05, 3.63) is 28.5 Å². The second-order valence-electron chi connectivity index (χ2n) is 3.14. The lowest BCUT2D eigenvalue weighted by atomic mass is 10.4. The van der Waals surface area contributed by atoms with E-state index in [0.717, 1.165) is 23.1 Å². The van der Waals surface area contributed by atoms with Crippen molar-refractivity contribution < 1.29 is 9.90 Å². The first-order chi connectivity index (χ1) is 8.60. The summed E-state index contributed by atoms with van der Waals surface area (Å²) >= 11 is 2.21. The van der Waals surface area contributed by atoms with Gasteiger partial charge in [0.15, 0.2) is 9.50 Å². The maximum atomic E-state index is 10.9. The highest BCUT2D eigenvalue weighted by atomic mass is 32.2. The summed E-state index contributed by atoms with van der Waals surface area (Å²) in [5.74, 6) is -0.997. The molecule has 0 fully saturated rings. The van der Waals surface area contributed by atoms with E-state index in [1.54, 1.807) is 6.92 Å². The molecule has 0 unspecified atom stereocenters. The van der Waals surface area contributed by atoms with Crippen LogP contribution in [0.3, 0.4) is 0 Å². The van der Waals surface area contributed by atoms with Gasteiger partial charge < -0.3 is 5.11 Å². The van der Waals surface area contributed by atoms with Crippen molar-refractivity contribution in [2.45, 2.75) is 16.4 Å². The van der Waals surface area contributed by atoms with Crippen LogP contribution in [0, 0.1) is 18.3 Å². The first kappa shape index (κ1) is 12.5. The van der Waals surface area contributed by atoms with Crippen LogP contribution in [-0.4, -0.2) is 26.0 Å². The van der Waals surface area contributed by atoms with E-state index in [2.05, 4.69) is 15.0 Å². The number of nitrogens with zero attached hydrogens (tertiary/aromatic N) is 4. The summed E-state index contributed by atoms with van der Waals surface area (Å²) in [5, 5.41) is 18.0. The molecule has 0 spiro atoms. The molecule has 0 saturated heterocycles. The highest BCUT2D eigenvalue weighted by Gasteiger charge is 2.15. The average molecular weight is 278 g/mol. The highest BCUT2D eigenvalue weighted by molar-refractivity contribution is 8.00. The number of carbonyl (C=O) groups is 1. The van der Waals surface area contributed by atoms with Gasteiger partial charge in [0.05, 0.1) is 5.69 Å². The number of aromatic nitrogens is 3. The van der Waals surface area contributed by atoms with E-state index in [4.69, 9.17) is 10.4 Å². The van der Waals surface area contributed by atoms with Gasteiger partial charge in [-0.1, -0.05) is 11.3 Å². The smallest absolute Gasteiger partial charge is 0.347 e. The lowest BCUT2D eigenvalue weighted by molar-refractivity contribution is 0.0701. The van der Waals surface area contributed by atoms with Crippen molar-refractivity contribution in [1.82, 2.24) is 15.0 Å². The van der Waals surface area contributed by atoms with E-state index in [1.165, 1.54) is 12.3 Å². The molecular weight excluding hydrogens is 272 g/mol. The molecule has 0 bridgehead atoms. The molecule has 0 saturated carbocycles. The van der Waals surface area contributed by atoms with E-state index in [-0.39, 0.29) is 10.6 Å². The van der Waals surface area contributed by atoms with Crippen LogP contribution < -0.4 is 0 Å². The second-order valence-corrected chi connectivity index (χ2v) is 5.35. The second kappa shape index (κ2) is 5.12. The van der Waals surface area contributed by atoms with Gasteiger partial charge in [-0.25, -0.2) is 19.7 Å². The maximum absolute atomic E-state index is 10.9. The number of hydrogen-bond donors (Lipinski definition) is 1. The summed E-state index contributed by atoms with van der Waals surface area (Å²) in [6.07, 6.45) is 1.48. The lowest BCUT2D eigenvalue weighted by Crippen LogP contribution is -1.94. The van der Waals surface area contributed by atoms with Gasteiger partial charge in [0.25, 0.3) is 0 Å². The molecule has 1 N–H and O–H groups in total. The molecule has 8 heteroatoms. The van der Waals surface area contributed by atoms with Gasteiger partial charge in [-0.05, 0) is 24.8 Å². The van der Waals surface area contributed by atoms with Crippen LogP contribution in [0.4, 0.5) is 0 Å². The van der Waals surface area contributed by atoms with Crippen LogP contribution in [-0.2, 0) is 0 Å². The van der Waals surface area contributed by atoms with Gasteiger partial charge in [-0.2, -0.15) is 5.26 Å². The molecule has 0 atom stereocenters. The number of aryl methyl sites for hydroxylation is 1. The Hall–Kier alpha value is -1.98. The molecule has 0 aliphatic carbocycles. The summed E-state index contributed by atoms with van der Waals surface area (Å²) in [4.78, 5) is 23.2. The van der Waals surface area contributed by atoms with Gasteiger partial charge in [0, 0.05) is 6.20 Å². The summed E-state index contributed by atoms with van der Waals surface area (Å²) in [7, 11) is 0. The number of rotatable bonds is 3. The zero-order chi connectivity index (χ0) is 13.1. The van der Waals surface area contributed by atoms with Crippen molar-refractivity contribution in [3.8, 4) is 6.07 Å². The summed E-state index contributed by atoms with van der Waals surface area (Å²) in [6, 6.07) is 3.41. The van der Waals surface area contributed by atoms with Gasteiger partial charge in [0.1, 0.15) is 16.6 Å². The van der Waals surface area contributed by atoms with Crippen LogP contribution in [0.15, 0.2) is 21.8 Å². The largest absolute Gasteiger partial charge is 0.477 e. The Labute approximate surface area is 110 Å². The van der Waals surface area contributed by atoms with Crippen molar-refractivity contribution in [1.29, 1.82) is 5.26 Å². The molecule has 2 aromatic rings. The third kappa shape index (κ3) is 2.64. The Morgan fingerprint density at radius 3 is 2.94 bits per heavy atom. The number of nitriles is 1. The molecular formula is C10H6N4O2S2. The molecule has 2 aromatic heterocycles. The van der Waals surface area contributed by atoms with E-state index in [9.17, 15) is 4.79 Å². The molecule has 2 heterocycles. The Morgan fingerprint density at radius 1 is 1.56 bits per heavy atom. The van der Waals surface area contributed by atoms with E-state index in [1.807, 2.05) is 6.07 Å². The Bertz CT molecular complexity index is 648. The minimum Gasteiger partial charge on any atom is -0.477 e. The Balaban J connectivity index is 2.26. The molecule has 0 amide bonds. The van der Waals surface area contributed by atoms with Gasteiger partial charge in [-0.15, -0.1) is 0 Å². The third-order valence-electron chi connectivity index (χ3n) is 1.90. The molecule has 0 aliphatic heterocycles. The SMILES string of the molecule is Cc1nc(Sc2nccc(C#N)n2)sc1C(=O)O. The van der Waals surface area contributed by atoms with E-state index in [0.29, 0.717) is 15.2 Å². The zero-order valence-electron chi connectivity index (χ0n) is 9.12. The summed E-state index contributed by atoms with van der Waals surface area (Å²) in [5.41, 5.74) is 0.727. The van der Waals surface area contributed by atoms with Crippen molar-refractivity contribution in [2.75, 3.05) is 0 Å². The maximum Gasteiger partial charge on any atom is 0.347 e. The van der Waals surface area contributed by atoms with Crippen LogP contribution in [0.1, 0.15) is 21.1 Å². The fourth-order valence-electron chi connectivity index (χ4n) is 1.14. The standard InChI is InChI=1S/C10H6N4O2S2/c1-5-7(8(15)16)17-10(13-5)18-9-12-3-2-6(4-11)14-9/h2-3H,1H3,(H,15,16). The Morgan fingerprint density at radius 2 is 2.33 bits per heavy atom. The number of thiazole rings is 1. The molecule has 2 rings (SSSR count). The molecule has 0 aromatic carbocycles. The Kier molecular flexibility index (Phi) is 3.55. The molecule has 18 heavy (non-hydrogen) atoms. The van der Waals surface area contributed by atoms with E-state index >= 15 is 0 Å². The minimum absolute atomic E-state index is 0.203.